The molecule has 0 aromatic heterocycles. The molecular weight excluding hydrogens is 434 g/mol. The third kappa shape index (κ3) is 4.76. The molecule has 0 heterocycles. The lowest BCUT2D eigenvalue weighted by Gasteiger charge is -2.21. The van der Waals surface area contributed by atoms with E-state index in [1.54, 1.807) is 42.5 Å². The number of rotatable bonds is 8. The SMILES string of the molecule is CCCCCCCc1ccc(C(=O)Nc2ccc(Cl)c3c2C(=O)c2ccccc2C3=O)cc1. The lowest BCUT2D eigenvalue weighted by Crippen LogP contribution is -2.24. The molecule has 0 radical (unpaired) electrons. The molecule has 33 heavy (non-hydrogen) atoms. The molecule has 1 amide bonds. The van der Waals surface area contributed by atoms with Gasteiger partial charge in [-0.2, -0.15) is 0 Å². The first-order valence-electron chi connectivity index (χ1n) is 11.4. The second-order valence-corrected chi connectivity index (χ2v) is 8.77. The van der Waals surface area contributed by atoms with Gasteiger partial charge in [0.05, 0.1) is 21.8 Å². The summed E-state index contributed by atoms with van der Waals surface area (Å²) in [6, 6.07) is 17.3. The van der Waals surface area contributed by atoms with Gasteiger partial charge in [-0.15, -0.1) is 0 Å². The number of unbranched alkanes of at least 4 members (excludes halogenated alkanes) is 4. The lowest BCUT2D eigenvalue weighted by molar-refractivity contribution is 0.0978. The first-order valence-corrected chi connectivity index (χ1v) is 11.8. The quantitative estimate of drug-likeness (QED) is 0.292. The zero-order valence-electron chi connectivity index (χ0n) is 18.6. The van der Waals surface area contributed by atoms with Crippen molar-refractivity contribution in [3.8, 4) is 0 Å². The normalized spacial score (nSPS) is 12.3. The molecule has 0 bridgehead atoms. The maximum Gasteiger partial charge on any atom is 0.255 e. The molecule has 1 aliphatic rings. The molecule has 4 rings (SSSR count). The highest BCUT2D eigenvalue weighted by atomic mass is 35.5. The molecule has 0 spiro atoms. The van der Waals surface area contributed by atoms with Gasteiger partial charge in [-0.1, -0.05) is 80.6 Å². The number of benzene rings is 3. The first kappa shape index (κ1) is 22.9. The molecule has 0 aliphatic heterocycles. The number of ketones is 2. The molecule has 0 saturated heterocycles. The Morgan fingerprint density at radius 3 is 2.09 bits per heavy atom. The van der Waals surface area contributed by atoms with Crippen LogP contribution in [-0.4, -0.2) is 17.5 Å². The van der Waals surface area contributed by atoms with E-state index in [4.69, 9.17) is 11.6 Å². The standard InChI is InChI=1S/C28H26ClNO3/c1-2-3-4-5-6-9-18-12-14-19(15-13-18)28(33)30-23-17-16-22(29)24-25(23)27(32)21-11-8-7-10-20(21)26(24)31/h7-8,10-17H,2-6,9H2,1H3,(H,30,33). The number of hydrogen-bond acceptors (Lipinski definition) is 3. The Kier molecular flexibility index (Phi) is 7.05. The predicted octanol–water partition coefficient (Wildman–Crippen LogP) is 6.88. The number of hydrogen-bond donors (Lipinski definition) is 1. The van der Waals surface area contributed by atoms with Gasteiger partial charge in [0.25, 0.3) is 5.91 Å². The maximum atomic E-state index is 13.2. The van der Waals surface area contributed by atoms with Crippen LogP contribution in [0.15, 0.2) is 60.7 Å². The number of carbonyl (C=O) groups is 3. The fourth-order valence-electron chi connectivity index (χ4n) is 4.24. The number of fused-ring (bicyclic) bond motifs is 2. The summed E-state index contributed by atoms with van der Waals surface area (Å²) in [5, 5.41) is 3.00. The summed E-state index contributed by atoms with van der Waals surface area (Å²) in [5.41, 5.74) is 2.89. The van der Waals surface area contributed by atoms with Crippen LogP contribution in [0.3, 0.4) is 0 Å². The number of anilines is 1. The zero-order valence-corrected chi connectivity index (χ0v) is 19.4. The van der Waals surface area contributed by atoms with Gasteiger partial charge >= 0.3 is 0 Å². The molecule has 0 saturated carbocycles. The number of carbonyl (C=O) groups excluding carboxylic acids is 3. The van der Waals surface area contributed by atoms with Gasteiger partial charge < -0.3 is 5.32 Å². The Hall–Kier alpha value is -3.24. The smallest absolute Gasteiger partial charge is 0.255 e. The van der Waals surface area contributed by atoms with E-state index in [1.165, 1.54) is 37.3 Å². The third-order valence-electron chi connectivity index (χ3n) is 6.06. The van der Waals surface area contributed by atoms with Crippen molar-refractivity contribution in [1.82, 2.24) is 0 Å². The molecule has 5 heteroatoms. The van der Waals surface area contributed by atoms with Crippen LogP contribution >= 0.6 is 11.6 Å². The van der Waals surface area contributed by atoms with Crippen molar-refractivity contribution in [2.45, 2.75) is 45.4 Å². The van der Waals surface area contributed by atoms with Crippen molar-refractivity contribution in [1.29, 1.82) is 0 Å². The van der Waals surface area contributed by atoms with E-state index in [2.05, 4.69) is 12.2 Å². The van der Waals surface area contributed by atoms with Crippen LogP contribution in [-0.2, 0) is 6.42 Å². The van der Waals surface area contributed by atoms with Gasteiger partial charge in [0.15, 0.2) is 11.6 Å². The minimum atomic E-state index is -0.340. The van der Waals surface area contributed by atoms with Crippen LogP contribution in [0.2, 0.25) is 5.02 Å². The lowest BCUT2D eigenvalue weighted by atomic mass is 9.83. The highest BCUT2D eigenvalue weighted by Crippen LogP contribution is 2.36. The summed E-state index contributed by atoms with van der Waals surface area (Å²) in [5.74, 6) is -0.978. The fraction of sp³-hybridized carbons (Fsp3) is 0.250. The van der Waals surface area contributed by atoms with E-state index >= 15 is 0 Å². The Labute approximate surface area is 199 Å². The van der Waals surface area contributed by atoms with Crippen LogP contribution in [0.1, 0.15) is 86.8 Å². The van der Waals surface area contributed by atoms with Gasteiger partial charge in [-0.3, -0.25) is 14.4 Å². The highest BCUT2D eigenvalue weighted by molar-refractivity contribution is 6.40. The van der Waals surface area contributed by atoms with Crippen molar-refractivity contribution >= 4 is 34.8 Å². The average molecular weight is 460 g/mol. The van der Waals surface area contributed by atoms with E-state index in [1.807, 2.05) is 12.1 Å². The summed E-state index contributed by atoms with van der Waals surface area (Å²) in [7, 11) is 0. The molecule has 0 fully saturated rings. The van der Waals surface area contributed by atoms with Crippen molar-refractivity contribution in [2.24, 2.45) is 0 Å². The summed E-state index contributed by atoms with van der Waals surface area (Å²) in [6.07, 6.45) is 7.11. The van der Waals surface area contributed by atoms with Gasteiger partial charge in [-0.05, 0) is 42.7 Å². The molecule has 3 aromatic carbocycles. The Morgan fingerprint density at radius 2 is 1.42 bits per heavy atom. The van der Waals surface area contributed by atoms with Crippen LogP contribution in [0.4, 0.5) is 5.69 Å². The number of aryl methyl sites for hydroxylation is 1. The van der Waals surface area contributed by atoms with Crippen LogP contribution in [0.25, 0.3) is 0 Å². The van der Waals surface area contributed by atoms with Gasteiger partial charge in [0.1, 0.15) is 0 Å². The molecule has 0 atom stereocenters. The van der Waals surface area contributed by atoms with Crippen LogP contribution in [0.5, 0.6) is 0 Å². The monoisotopic (exact) mass is 459 g/mol. The number of nitrogens with one attached hydrogen (secondary N) is 1. The first-order chi connectivity index (χ1) is 16.0. The van der Waals surface area contributed by atoms with Crippen LogP contribution < -0.4 is 5.32 Å². The van der Waals surface area contributed by atoms with E-state index < -0.39 is 0 Å². The van der Waals surface area contributed by atoms with Crippen molar-refractivity contribution < 1.29 is 14.4 Å². The van der Waals surface area contributed by atoms with Gasteiger partial charge in [0, 0.05) is 16.7 Å². The van der Waals surface area contributed by atoms with E-state index in [0.717, 1.165) is 12.8 Å². The van der Waals surface area contributed by atoms with E-state index in [0.29, 0.717) is 16.7 Å². The van der Waals surface area contributed by atoms with Gasteiger partial charge in [0.2, 0.25) is 0 Å². The Balaban J connectivity index is 1.53. The molecule has 1 N–H and O–H groups in total. The minimum Gasteiger partial charge on any atom is -0.321 e. The molecule has 168 valence electrons. The van der Waals surface area contributed by atoms with E-state index in [-0.39, 0.29) is 39.3 Å². The average Bonchev–Trinajstić information content (AvgIpc) is 2.83. The topological polar surface area (TPSA) is 63.2 Å². The largest absolute Gasteiger partial charge is 0.321 e. The molecule has 4 nitrogen and oxygen atoms in total. The second kappa shape index (κ2) is 10.1. The fourth-order valence-corrected chi connectivity index (χ4v) is 4.48. The number of amides is 1. The highest BCUT2D eigenvalue weighted by Gasteiger charge is 2.33. The Bertz CT molecular complexity index is 1210. The molecule has 3 aromatic rings. The third-order valence-corrected chi connectivity index (χ3v) is 6.37. The Morgan fingerprint density at radius 1 is 0.788 bits per heavy atom. The van der Waals surface area contributed by atoms with Crippen molar-refractivity contribution in [2.75, 3.05) is 5.32 Å². The zero-order chi connectivity index (χ0) is 23.4. The van der Waals surface area contributed by atoms with E-state index in [9.17, 15) is 14.4 Å². The second-order valence-electron chi connectivity index (χ2n) is 8.36. The predicted molar refractivity (Wildman–Crippen MR) is 132 cm³/mol. The summed E-state index contributed by atoms with van der Waals surface area (Å²) >= 11 is 6.30. The summed E-state index contributed by atoms with van der Waals surface area (Å²) < 4.78 is 0. The van der Waals surface area contributed by atoms with Crippen molar-refractivity contribution in [3.05, 3.63) is 99.1 Å². The summed E-state index contributed by atoms with van der Waals surface area (Å²) in [6.45, 7) is 2.20. The molecular formula is C28H26ClNO3. The van der Waals surface area contributed by atoms with Gasteiger partial charge in [-0.25, -0.2) is 0 Å². The maximum absolute atomic E-state index is 13.2. The molecule has 0 unspecified atom stereocenters. The molecule has 1 aliphatic carbocycles. The van der Waals surface area contributed by atoms with Crippen LogP contribution in [0, 0.1) is 0 Å². The summed E-state index contributed by atoms with van der Waals surface area (Å²) in [4.78, 5) is 39.1. The minimum absolute atomic E-state index is 0.136. The number of halogens is 1. The van der Waals surface area contributed by atoms with Crippen molar-refractivity contribution in [3.63, 3.8) is 0 Å².